The summed E-state index contributed by atoms with van der Waals surface area (Å²) >= 11 is 1.48. The number of ketones is 1. The van der Waals surface area contributed by atoms with Crippen LogP contribution in [-0.4, -0.2) is 15.8 Å². The van der Waals surface area contributed by atoms with Crippen molar-refractivity contribution in [1.82, 2.24) is 9.97 Å². The van der Waals surface area contributed by atoms with Crippen LogP contribution in [-0.2, 0) is 0 Å². The number of fused-ring (bicyclic) bond motifs is 2. The first-order chi connectivity index (χ1) is 10.6. The van der Waals surface area contributed by atoms with Gasteiger partial charge in [-0.05, 0) is 29.5 Å². The van der Waals surface area contributed by atoms with Gasteiger partial charge < -0.3 is 4.74 Å². The van der Waals surface area contributed by atoms with E-state index in [2.05, 4.69) is 9.97 Å². The van der Waals surface area contributed by atoms with Crippen LogP contribution in [0.15, 0.2) is 29.9 Å². The highest BCUT2D eigenvalue weighted by molar-refractivity contribution is 7.16. The fourth-order valence-electron chi connectivity index (χ4n) is 2.86. The van der Waals surface area contributed by atoms with Crippen LogP contribution in [0.4, 0.5) is 4.39 Å². The van der Waals surface area contributed by atoms with Gasteiger partial charge in [0.25, 0.3) is 0 Å². The predicted molar refractivity (Wildman–Crippen MR) is 81.3 cm³/mol. The normalized spacial score (nSPS) is 17.0. The van der Waals surface area contributed by atoms with E-state index in [9.17, 15) is 9.18 Å². The number of thiophene rings is 1. The first kappa shape index (κ1) is 13.3. The second-order valence-corrected chi connectivity index (χ2v) is 6.18. The van der Waals surface area contributed by atoms with Crippen LogP contribution in [0.5, 0.6) is 11.6 Å². The van der Waals surface area contributed by atoms with Gasteiger partial charge in [-0.15, -0.1) is 11.3 Å². The maximum absolute atomic E-state index is 14.0. The Morgan fingerprint density at radius 2 is 2.18 bits per heavy atom. The van der Waals surface area contributed by atoms with Crippen molar-refractivity contribution in [3.63, 3.8) is 0 Å². The predicted octanol–water partition coefficient (Wildman–Crippen LogP) is 4.31. The summed E-state index contributed by atoms with van der Waals surface area (Å²) in [5.74, 6) is 0.165. The van der Waals surface area contributed by atoms with Crippen molar-refractivity contribution in [3.05, 3.63) is 46.9 Å². The van der Waals surface area contributed by atoms with E-state index in [-0.39, 0.29) is 17.5 Å². The summed E-state index contributed by atoms with van der Waals surface area (Å²) < 4.78 is 19.8. The highest BCUT2D eigenvalue weighted by Crippen LogP contribution is 2.41. The molecule has 2 aromatic heterocycles. The lowest BCUT2D eigenvalue weighted by atomic mass is 10.0. The summed E-state index contributed by atoms with van der Waals surface area (Å²) in [4.78, 5) is 21.3. The van der Waals surface area contributed by atoms with Crippen molar-refractivity contribution in [2.75, 3.05) is 0 Å². The minimum atomic E-state index is -0.357. The number of carbonyl (C=O) groups excluding carboxylic acids is 1. The molecule has 0 unspecified atom stereocenters. The molecule has 0 aliphatic heterocycles. The summed E-state index contributed by atoms with van der Waals surface area (Å²) in [5.41, 5.74) is 0.785. The second-order valence-electron chi connectivity index (χ2n) is 5.28. The van der Waals surface area contributed by atoms with Crippen LogP contribution in [0.3, 0.4) is 0 Å². The third-order valence-electron chi connectivity index (χ3n) is 3.85. The van der Waals surface area contributed by atoms with E-state index in [1.807, 2.05) is 18.4 Å². The van der Waals surface area contributed by atoms with Gasteiger partial charge in [-0.1, -0.05) is 6.92 Å². The van der Waals surface area contributed by atoms with Gasteiger partial charge in [0, 0.05) is 12.0 Å². The van der Waals surface area contributed by atoms with Crippen molar-refractivity contribution >= 4 is 27.3 Å². The monoisotopic (exact) mass is 314 g/mol. The van der Waals surface area contributed by atoms with Crippen LogP contribution in [0.2, 0.25) is 0 Å². The van der Waals surface area contributed by atoms with Gasteiger partial charge in [0.1, 0.15) is 22.7 Å². The summed E-state index contributed by atoms with van der Waals surface area (Å²) in [6, 6.07) is 4.70. The Morgan fingerprint density at radius 3 is 3.05 bits per heavy atom. The maximum Gasteiger partial charge on any atom is 0.231 e. The van der Waals surface area contributed by atoms with Gasteiger partial charge in [-0.3, -0.25) is 4.79 Å². The molecule has 110 valence electrons. The average Bonchev–Trinajstić information content (AvgIpc) is 3.08. The number of nitrogens with zero attached hydrogens (tertiary/aromatic N) is 2. The lowest BCUT2D eigenvalue weighted by molar-refractivity contribution is 0.0988. The number of rotatable bonds is 2. The van der Waals surface area contributed by atoms with Crippen molar-refractivity contribution in [2.45, 2.75) is 19.3 Å². The molecule has 4 nitrogen and oxygen atoms in total. The van der Waals surface area contributed by atoms with E-state index < -0.39 is 0 Å². The topological polar surface area (TPSA) is 52.1 Å². The molecule has 0 radical (unpaired) electrons. The molecule has 22 heavy (non-hydrogen) atoms. The molecule has 1 atom stereocenters. The molecule has 0 saturated heterocycles. The third-order valence-corrected chi connectivity index (χ3v) is 4.67. The van der Waals surface area contributed by atoms with Crippen LogP contribution in [0, 0.1) is 5.82 Å². The number of halogens is 1. The lowest BCUT2D eigenvalue weighted by Gasteiger charge is -2.11. The first-order valence-corrected chi connectivity index (χ1v) is 7.74. The molecule has 2 heterocycles. The zero-order chi connectivity index (χ0) is 15.3. The Kier molecular flexibility index (Phi) is 2.94. The fourth-order valence-corrected chi connectivity index (χ4v) is 3.59. The molecular weight excluding hydrogens is 303 g/mol. The number of benzene rings is 1. The zero-order valence-electron chi connectivity index (χ0n) is 11.7. The number of hydrogen-bond donors (Lipinski definition) is 0. The molecule has 0 fully saturated rings. The molecule has 0 saturated carbocycles. The fraction of sp³-hybridized carbons (Fsp3) is 0.188. The van der Waals surface area contributed by atoms with Crippen molar-refractivity contribution in [3.8, 4) is 11.6 Å². The molecule has 0 bridgehead atoms. The molecule has 6 heteroatoms. The van der Waals surface area contributed by atoms with Crippen LogP contribution in [0.1, 0.15) is 35.2 Å². The molecule has 1 aliphatic carbocycles. The van der Waals surface area contributed by atoms with E-state index in [1.54, 1.807) is 0 Å². The van der Waals surface area contributed by atoms with Crippen molar-refractivity contribution in [2.24, 2.45) is 0 Å². The smallest absolute Gasteiger partial charge is 0.231 e. The van der Waals surface area contributed by atoms with Gasteiger partial charge in [-0.25, -0.2) is 14.4 Å². The van der Waals surface area contributed by atoms with E-state index in [4.69, 9.17) is 4.74 Å². The second kappa shape index (κ2) is 4.84. The van der Waals surface area contributed by atoms with Crippen LogP contribution < -0.4 is 4.74 Å². The van der Waals surface area contributed by atoms with Crippen LogP contribution >= 0.6 is 11.3 Å². The Hall–Kier alpha value is -2.34. The van der Waals surface area contributed by atoms with Gasteiger partial charge >= 0.3 is 0 Å². The lowest BCUT2D eigenvalue weighted by Crippen LogP contribution is -2.00. The largest absolute Gasteiger partial charge is 0.437 e. The number of aromatic nitrogens is 2. The quantitative estimate of drug-likeness (QED) is 0.707. The van der Waals surface area contributed by atoms with E-state index >= 15 is 0 Å². The summed E-state index contributed by atoms with van der Waals surface area (Å²) in [5, 5.41) is 2.68. The molecule has 1 aromatic carbocycles. The molecule has 1 aliphatic rings. The maximum atomic E-state index is 14.0. The van der Waals surface area contributed by atoms with Crippen LogP contribution in [0.25, 0.3) is 10.2 Å². The standard InChI is InChI=1S/C16H11FN2O2S/c1-8-6-11(20)14-12(3-2-10(17)13(8)14)21-15-9-4-5-22-16(9)19-7-18-15/h2-5,7-8H,6H2,1H3/t8-/m1/s1. The third kappa shape index (κ3) is 1.91. The minimum Gasteiger partial charge on any atom is -0.437 e. The SMILES string of the molecule is C[C@@H]1CC(=O)c2c(Oc3ncnc4sccc34)ccc(F)c21. The molecule has 0 N–H and O–H groups in total. The van der Waals surface area contributed by atoms with Gasteiger partial charge in [0.2, 0.25) is 5.88 Å². The molecule has 4 rings (SSSR count). The Balaban J connectivity index is 1.85. The molecule has 0 spiro atoms. The van der Waals surface area contributed by atoms with Crippen molar-refractivity contribution < 1.29 is 13.9 Å². The van der Waals surface area contributed by atoms with Crippen molar-refractivity contribution in [1.29, 1.82) is 0 Å². The molecule has 0 amide bonds. The number of hydrogen-bond acceptors (Lipinski definition) is 5. The first-order valence-electron chi connectivity index (χ1n) is 6.87. The average molecular weight is 314 g/mol. The van der Waals surface area contributed by atoms with Gasteiger partial charge in [0.05, 0.1) is 10.9 Å². The van der Waals surface area contributed by atoms with E-state index in [1.165, 1.54) is 29.8 Å². The number of carbonyl (C=O) groups is 1. The Labute approximate surface area is 129 Å². The summed E-state index contributed by atoms with van der Waals surface area (Å²) in [6.07, 6.45) is 1.73. The van der Waals surface area contributed by atoms with E-state index in [0.29, 0.717) is 29.2 Å². The minimum absolute atomic E-state index is 0.0902. The Bertz CT molecular complexity index is 906. The zero-order valence-corrected chi connectivity index (χ0v) is 12.5. The Morgan fingerprint density at radius 1 is 1.32 bits per heavy atom. The number of Topliss-reactive ketones (excluding diaryl/α,β-unsaturated/α-hetero) is 1. The highest BCUT2D eigenvalue weighted by Gasteiger charge is 2.32. The molecule has 3 aromatic rings. The van der Waals surface area contributed by atoms with Gasteiger partial charge in [-0.2, -0.15) is 0 Å². The summed E-state index contributed by atoms with van der Waals surface area (Å²) in [6.45, 7) is 1.85. The number of ether oxygens (including phenoxy) is 1. The van der Waals surface area contributed by atoms with Gasteiger partial charge in [0.15, 0.2) is 5.78 Å². The van der Waals surface area contributed by atoms with E-state index in [0.717, 1.165) is 10.2 Å². The summed E-state index contributed by atoms with van der Waals surface area (Å²) in [7, 11) is 0. The highest BCUT2D eigenvalue weighted by atomic mass is 32.1. The molecular formula is C16H11FN2O2S.